The van der Waals surface area contributed by atoms with Crippen LogP contribution in [-0.4, -0.2) is 0 Å². The van der Waals surface area contributed by atoms with Gasteiger partial charge in [-0.05, 0) is 87.1 Å². The summed E-state index contributed by atoms with van der Waals surface area (Å²) in [5, 5.41) is 0. The zero-order valence-corrected chi connectivity index (χ0v) is 25.7. The van der Waals surface area contributed by atoms with Gasteiger partial charge in [0.2, 0.25) is 0 Å². The third-order valence-corrected chi connectivity index (χ3v) is 7.40. The molecule has 1 unspecified atom stereocenters. The summed E-state index contributed by atoms with van der Waals surface area (Å²) >= 11 is 0. The molecule has 37 heavy (non-hydrogen) atoms. The van der Waals surface area contributed by atoms with E-state index in [0.29, 0.717) is 5.92 Å². The van der Waals surface area contributed by atoms with Crippen LogP contribution in [0.15, 0.2) is 72.8 Å². The van der Waals surface area contributed by atoms with Crippen LogP contribution in [0.3, 0.4) is 0 Å². The van der Waals surface area contributed by atoms with Crippen LogP contribution < -0.4 is 4.90 Å². The Labute approximate surface area is 228 Å². The van der Waals surface area contributed by atoms with Crippen molar-refractivity contribution in [2.75, 3.05) is 4.90 Å². The second-order valence-corrected chi connectivity index (χ2v) is 15.2. The minimum Gasteiger partial charge on any atom is -0.311 e. The van der Waals surface area contributed by atoms with Crippen LogP contribution >= 0.6 is 0 Å². The SMILES string of the molecule is CC(C)(C)CC(c1ccc(N(c2ccc(C(C)(C)C)cc2)c2ccc(C(C)(C)C)cc2)cc1)C(C)(C)C. The van der Waals surface area contributed by atoms with E-state index in [1.54, 1.807) is 0 Å². The van der Waals surface area contributed by atoms with Gasteiger partial charge in [-0.2, -0.15) is 0 Å². The molecular formula is C36H51N. The first-order valence-corrected chi connectivity index (χ1v) is 14.0. The third-order valence-electron chi connectivity index (χ3n) is 7.40. The average Bonchev–Trinajstić information content (AvgIpc) is 2.76. The van der Waals surface area contributed by atoms with Crippen molar-refractivity contribution in [3.05, 3.63) is 89.5 Å². The minimum absolute atomic E-state index is 0.133. The van der Waals surface area contributed by atoms with Crippen LogP contribution in [0, 0.1) is 10.8 Å². The minimum atomic E-state index is 0.133. The van der Waals surface area contributed by atoms with E-state index >= 15 is 0 Å². The Hall–Kier alpha value is -2.54. The summed E-state index contributed by atoms with van der Waals surface area (Å²) in [5.74, 6) is 0.507. The van der Waals surface area contributed by atoms with Gasteiger partial charge in [0.15, 0.2) is 0 Å². The van der Waals surface area contributed by atoms with E-state index in [1.165, 1.54) is 40.2 Å². The molecule has 0 amide bonds. The molecule has 0 aliphatic carbocycles. The molecule has 1 atom stereocenters. The van der Waals surface area contributed by atoms with Gasteiger partial charge in [0.05, 0.1) is 0 Å². The monoisotopic (exact) mass is 497 g/mol. The number of anilines is 3. The molecule has 0 bridgehead atoms. The van der Waals surface area contributed by atoms with Crippen LogP contribution in [0.2, 0.25) is 0 Å². The molecule has 0 aromatic heterocycles. The van der Waals surface area contributed by atoms with Crippen LogP contribution in [-0.2, 0) is 10.8 Å². The van der Waals surface area contributed by atoms with Crippen molar-refractivity contribution in [1.29, 1.82) is 0 Å². The van der Waals surface area contributed by atoms with E-state index < -0.39 is 0 Å². The zero-order chi connectivity index (χ0) is 27.8. The van der Waals surface area contributed by atoms with Gasteiger partial charge in [-0.3, -0.25) is 0 Å². The van der Waals surface area contributed by atoms with E-state index in [2.05, 4.69) is 161 Å². The van der Waals surface area contributed by atoms with Crippen molar-refractivity contribution < 1.29 is 0 Å². The number of hydrogen-bond acceptors (Lipinski definition) is 1. The summed E-state index contributed by atoms with van der Waals surface area (Å²) in [4.78, 5) is 2.39. The van der Waals surface area contributed by atoms with Gasteiger partial charge >= 0.3 is 0 Å². The van der Waals surface area contributed by atoms with Crippen LogP contribution in [0.25, 0.3) is 0 Å². The summed E-state index contributed by atoms with van der Waals surface area (Å²) in [6, 6.07) is 27.5. The molecule has 0 saturated heterocycles. The fraction of sp³-hybridized carbons (Fsp3) is 0.500. The highest BCUT2D eigenvalue weighted by atomic mass is 15.1. The Morgan fingerprint density at radius 3 is 1.08 bits per heavy atom. The Bertz CT molecular complexity index is 1080. The third kappa shape index (κ3) is 7.50. The lowest BCUT2D eigenvalue weighted by molar-refractivity contribution is 0.229. The van der Waals surface area contributed by atoms with Gasteiger partial charge in [0.1, 0.15) is 0 Å². The second kappa shape index (κ2) is 10.3. The summed E-state index contributed by atoms with van der Waals surface area (Å²) in [7, 11) is 0. The van der Waals surface area contributed by atoms with Crippen molar-refractivity contribution in [1.82, 2.24) is 0 Å². The van der Waals surface area contributed by atoms with Gasteiger partial charge in [0.25, 0.3) is 0 Å². The molecule has 0 aliphatic rings. The molecular weight excluding hydrogens is 446 g/mol. The molecule has 0 N–H and O–H groups in total. The molecule has 3 aromatic rings. The van der Waals surface area contributed by atoms with Gasteiger partial charge in [-0.25, -0.2) is 0 Å². The summed E-state index contributed by atoms with van der Waals surface area (Å²) < 4.78 is 0. The molecule has 0 saturated carbocycles. The van der Waals surface area contributed by atoms with Crippen molar-refractivity contribution in [3.8, 4) is 0 Å². The molecule has 0 heterocycles. The lowest BCUT2D eigenvalue weighted by Gasteiger charge is -2.36. The normalized spacial score (nSPS) is 13.9. The largest absolute Gasteiger partial charge is 0.311 e. The highest BCUT2D eigenvalue weighted by Gasteiger charge is 2.30. The van der Waals surface area contributed by atoms with E-state index in [1.807, 2.05) is 0 Å². The number of rotatable bonds is 5. The highest BCUT2D eigenvalue weighted by molar-refractivity contribution is 5.77. The molecule has 0 aliphatic heterocycles. The number of nitrogens with zero attached hydrogens (tertiary/aromatic N) is 1. The molecule has 0 spiro atoms. The quantitative estimate of drug-likeness (QED) is 0.339. The van der Waals surface area contributed by atoms with Gasteiger partial charge in [-0.1, -0.05) is 119 Å². The number of benzene rings is 3. The van der Waals surface area contributed by atoms with E-state index in [0.717, 1.165) is 0 Å². The maximum absolute atomic E-state index is 2.39. The first-order valence-electron chi connectivity index (χ1n) is 14.0. The highest BCUT2D eigenvalue weighted by Crippen LogP contribution is 2.44. The predicted molar refractivity (Wildman–Crippen MR) is 165 cm³/mol. The first-order chi connectivity index (χ1) is 16.9. The Kier molecular flexibility index (Phi) is 8.09. The van der Waals surface area contributed by atoms with E-state index in [-0.39, 0.29) is 21.7 Å². The van der Waals surface area contributed by atoms with E-state index in [9.17, 15) is 0 Å². The van der Waals surface area contributed by atoms with Crippen LogP contribution in [0.4, 0.5) is 17.1 Å². The topological polar surface area (TPSA) is 3.24 Å². The maximum atomic E-state index is 2.39. The van der Waals surface area contributed by atoms with Gasteiger partial charge in [0, 0.05) is 17.1 Å². The molecule has 1 nitrogen and oxygen atoms in total. The Morgan fingerprint density at radius 1 is 0.486 bits per heavy atom. The molecule has 3 rings (SSSR count). The van der Waals surface area contributed by atoms with Crippen molar-refractivity contribution >= 4 is 17.1 Å². The standard InChI is InChI=1S/C36H51N/c1-33(2,3)25-32(36(10,11)12)26-13-19-29(20-14-26)37(30-21-15-27(16-22-30)34(4,5)6)31-23-17-28(18-24-31)35(7,8)9/h13-24,32H,25H2,1-12H3. The molecule has 1 heteroatoms. The molecule has 200 valence electrons. The Balaban J connectivity index is 2.07. The summed E-state index contributed by atoms with van der Waals surface area (Å²) in [6.45, 7) is 27.8. The molecule has 0 fully saturated rings. The lowest BCUT2D eigenvalue weighted by atomic mass is 9.69. The van der Waals surface area contributed by atoms with Crippen LogP contribution in [0.1, 0.15) is 112 Å². The van der Waals surface area contributed by atoms with Gasteiger partial charge < -0.3 is 4.90 Å². The fourth-order valence-corrected chi connectivity index (χ4v) is 5.06. The fourth-order valence-electron chi connectivity index (χ4n) is 5.06. The first kappa shape index (κ1) is 29.0. The van der Waals surface area contributed by atoms with Crippen molar-refractivity contribution in [2.24, 2.45) is 10.8 Å². The summed E-state index contributed by atoms with van der Waals surface area (Å²) in [6.07, 6.45) is 1.17. The Morgan fingerprint density at radius 2 is 0.811 bits per heavy atom. The average molecular weight is 498 g/mol. The van der Waals surface area contributed by atoms with Crippen LogP contribution in [0.5, 0.6) is 0 Å². The lowest BCUT2D eigenvalue weighted by Crippen LogP contribution is -2.24. The zero-order valence-electron chi connectivity index (χ0n) is 25.7. The van der Waals surface area contributed by atoms with Gasteiger partial charge in [-0.15, -0.1) is 0 Å². The van der Waals surface area contributed by atoms with Crippen molar-refractivity contribution in [2.45, 2.75) is 106 Å². The molecule has 0 radical (unpaired) electrons. The smallest absolute Gasteiger partial charge is 0.0461 e. The maximum Gasteiger partial charge on any atom is 0.0461 e. The van der Waals surface area contributed by atoms with E-state index in [4.69, 9.17) is 0 Å². The predicted octanol–water partition coefficient (Wildman–Crippen LogP) is 11.3. The molecule has 3 aromatic carbocycles. The number of hydrogen-bond donors (Lipinski definition) is 0. The summed E-state index contributed by atoms with van der Waals surface area (Å²) in [5.41, 5.74) is 8.46. The second-order valence-electron chi connectivity index (χ2n) is 15.2. The van der Waals surface area contributed by atoms with Crippen molar-refractivity contribution in [3.63, 3.8) is 0 Å².